The van der Waals surface area contributed by atoms with Crippen LogP contribution in [0.3, 0.4) is 0 Å². The third-order valence-corrected chi connectivity index (χ3v) is 40.1. The summed E-state index contributed by atoms with van der Waals surface area (Å²) in [5.74, 6) is -12.3. The van der Waals surface area contributed by atoms with E-state index in [1.165, 1.54) is 76.2 Å². The molecule has 14 amide bonds. The summed E-state index contributed by atoms with van der Waals surface area (Å²) in [5, 5.41) is 24.2. The lowest BCUT2D eigenvalue weighted by molar-refractivity contribution is -0.143. The van der Waals surface area contributed by atoms with Gasteiger partial charge in [0.2, 0.25) is 59.1 Å². The van der Waals surface area contributed by atoms with Gasteiger partial charge in [0.15, 0.2) is 0 Å². The van der Waals surface area contributed by atoms with E-state index >= 15 is 38.4 Å². The number of hydrogen-bond acceptors (Lipinski definition) is 18. The molecule has 0 saturated heterocycles. The summed E-state index contributed by atoms with van der Waals surface area (Å²) < 4.78 is 12.8. The molecule has 0 spiro atoms. The Hall–Kier alpha value is -9.24. The van der Waals surface area contributed by atoms with Crippen molar-refractivity contribution in [3.8, 4) is 22.3 Å². The minimum atomic E-state index is -2.88. The monoisotopic (exact) mass is 1810 g/mol. The molecule has 126 heavy (non-hydrogen) atoms. The van der Waals surface area contributed by atoms with Crippen LogP contribution in [0.15, 0.2) is 97.1 Å². The van der Waals surface area contributed by atoms with Crippen molar-refractivity contribution < 1.29 is 76.6 Å². The van der Waals surface area contributed by atoms with Gasteiger partial charge in [-0.2, -0.15) is 0 Å². The lowest BCUT2D eigenvalue weighted by atomic mass is 9.96. The summed E-state index contributed by atoms with van der Waals surface area (Å²) in [7, 11) is 0. The second-order valence-corrected chi connectivity index (χ2v) is 47.9. The number of amides is 14. The molecule has 6 aliphatic rings. The molecule has 0 heterocycles. The van der Waals surface area contributed by atoms with Crippen LogP contribution in [0.1, 0.15) is 259 Å². The van der Waals surface area contributed by atoms with Crippen molar-refractivity contribution in [2.24, 2.45) is 11.7 Å². The van der Waals surface area contributed by atoms with Crippen LogP contribution in [-0.4, -0.2) is 207 Å². The van der Waals surface area contributed by atoms with Gasteiger partial charge in [0.25, 0.3) is 11.8 Å². The van der Waals surface area contributed by atoms with E-state index < -0.39 is 178 Å². The van der Waals surface area contributed by atoms with E-state index in [-0.39, 0.29) is 54.6 Å². The molecule has 4 aromatic rings. The minimum Gasteiger partial charge on any atom is -0.448 e. The van der Waals surface area contributed by atoms with Crippen LogP contribution in [0.2, 0.25) is 0 Å². The number of hydrogen-bond donors (Lipinski definition) is 10. The molecule has 6 aliphatic carbocycles. The zero-order valence-corrected chi connectivity index (χ0v) is 78.8. The summed E-state index contributed by atoms with van der Waals surface area (Å²) in [6.07, 6.45) is 14.3. The Labute approximate surface area is 752 Å². The maximum atomic E-state index is 16.6. The van der Waals surface area contributed by atoms with Gasteiger partial charge < -0.3 is 63.1 Å². The van der Waals surface area contributed by atoms with Gasteiger partial charge in [-0.25, -0.2) is 19.4 Å². The SMILES string of the molecule is CC[C@H](C)[C@H](NC(=O)[C@H](C)NC(=O)[C@H](C)NC(=O)[C@H](CP(=S)(C1CCCCC1)C1CCCCC1)N(C(=O)OCC1c2ccccc2-c2ccccc21)C(=O)[C@H](C)NC(=O)C(C)(C)NC(=O)[C@H](C)NC(C)=O)C(=O)N(C(=O)OCC1c2ccccc2-c2ccccc21)[C@@H](CP(=S)(C1CCCCC1)C1CCCCC1)C(=O)N[C@@H](C)C(=O)NC(C)(C)C(=O)N[C@@H](C)C(N)=O. The largest absolute Gasteiger partial charge is 0.448 e. The lowest BCUT2D eigenvalue weighted by Crippen LogP contribution is -2.64. The van der Waals surface area contributed by atoms with Crippen molar-refractivity contribution in [1.29, 1.82) is 0 Å². The number of imide groups is 2. The number of primary amides is 1. The number of carbonyl (C=O) groups excluding carboxylic acids is 14. The third-order valence-electron chi connectivity index (χ3n) is 26.8. The first-order valence-corrected chi connectivity index (χ1v) is 51.5. The van der Waals surface area contributed by atoms with Crippen LogP contribution in [-0.2, 0) is 90.6 Å². The number of nitrogens with zero attached hydrogens (tertiary/aromatic N) is 2. The number of carbonyl (C=O) groups is 14. The number of nitrogens with two attached hydrogens (primary N) is 1. The molecule has 0 aliphatic heterocycles. The first-order chi connectivity index (χ1) is 59.7. The zero-order chi connectivity index (χ0) is 91.9. The fraction of sp³-hybridized carbons (Fsp3) is 0.596. The predicted octanol–water partition coefficient (Wildman–Crippen LogP) is 11.4. The highest BCUT2D eigenvalue weighted by Gasteiger charge is 2.51. The van der Waals surface area contributed by atoms with Crippen molar-refractivity contribution in [2.75, 3.05) is 25.5 Å². The molecule has 32 heteroatoms. The van der Waals surface area contributed by atoms with Gasteiger partial charge >= 0.3 is 12.2 Å². The average molecular weight is 1810 g/mol. The van der Waals surface area contributed by atoms with Gasteiger partial charge in [0.05, 0.1) is 0 Å². The molecule has 4 aromatic carbocycles. The van der Waals surface area contributed by atoms with Gasteiger partial charge in [-0.3, -0.25) is 57.5 Å². The number of nitrogens with one attached hydrogen (secondary N) is 9. The van der Waals surface area contributed by atoms with Crippen molar-refractivity contribution >= 4 is 119 Å². The Bertz CT molecular complexity index is 4650. The van der Waals surface area contributed by atoms with Gasteiger partial charge in [-0.15, -0.1) is 0 Å². The molecular formula is C94H132N12O16P2S2. The maximum absolute atomic E-state index is 16.6. The summed E-state index contributed by atoms with van der Waals surface area (Å²) in [6, 6.07) is 11.5. The first-order valence-electron chi connectivity index (χ1n) is 45.3. The standard InChI is InChI=1S/C94H132N12O16P2S2/c1-14-55(2)79(88(116)106(92(120)122-52-76-73-49-33-29-45-69(73)70-46-30-34-50-74(70)76)78(54-124(126,65-39-23-17-24-40-65)66-41-25-18-26-42-66)86(114)99-60(7)84(112)104-93(10,11)89(117)100-56(3)80(95)108)102-82(110)58(5)97-81(109)57(4)98-85(113)77(53-123(125,63-35-19-15-20-36-63)64-37-21-16-22-38-64)105(87(115)61(8)101-90(118)94(12,13)103-83(111)59(6)96-62(9)107)91(119)121-51-75-71-47-31-27-43-67(71)68-44-28-32-48-72(68)75/h27-34,43-50,55-61,63-66,75-79H,14-26,35-42,51-54H2,1-13H3,(H2,95,108)(H,96,107)(H,97,109)(H,98,113)(H,99,114)(H,100,117)(H,101,118)(H,102,110)(H,103,111)(H,104,112)/t55-,56-,57-,58-,59-,60-,61-,77-,78-,79-/m0/s1. The molecule has 0 unspecified atom stereocenters. The number of rotatable bonds is 36. The van der Waals surface area contributed by atoms with E-state index in [2.05, 4.69) is 47.9 Å². The zero-order valence-electron chi connectivity index (χ0n) is 75.4. The van der Waals surface area contributed by atoms with Crippen LogP contribution >= 0.6 is 12.1 Å². The molecule has 10 atom stereocenters. The van der Waals surface area contributed by atoms with E-state index in [0.717, 1.165) is 183 Å². The molecule has 0 aromatic heterocycles. The number of ether oxygens (including phenoxy) is 2. The smallest absolute Gasteiger partial charge is 0.417 e. The van der Waals surface area contributed by atoms with Gasteiger partial charge in [-0.05, 0) is 206 Å². The fourth-order valence-corrected chi connectivity index (χ4v) is 31.6. The Morgan fingerprint density at radius 2 is 0.690 bits per heavy atom. The van der Waals surface area contributed by atoms with Gasteiger partial charge in [-0.1, -0.05) is 218 Å². The molecule has 0 radical (unpaired) electrons. The molecule has 4 saturated carbocycles. The first kappa shape index (κ1) is 98.9. The minimum absolute atomic E-state index is 0.0465. The predicted molar refractivity (Wildman–Crippen MR) is 494 cm³/mol. The third kappa shape index (κ3) is 23.6. The van der Waals surface area contributed by atoms with Crippen LogP contribution in [0.5, 0.6) is 0 Å². The van der Waals surface area contributed by atoms with Gasteiger partial charge in [0, 0.05) is 31.1 Å². The molecule has 28 nitrogen and oxygen atoms in total. The number of benzene rings is 4. The van der Waals surface area contributed by atoms with E-state index in [1.807, 2.05) is 97.1 Å². The molecule has 0 bridgehead atoms. The van der Waals surface area contributed by atoms with Crippen molar-refractivity contribution in [2.45, 2.75) is 325 Å². The molecule has 686 valence electrons. The van der Waals surface area contributed by atoms with Gasteiger partial charge in [0.1, 0.15) is 78.7 Å². The summed E-state index contributed by atoms with van der Waals surface area (Å²) >= 11 is 14.2. The second kappa shape index (κ2) is 43.7. The van der Waals surface area contributed by atoms with Crippen LogP contribution in [0.4, 0.5) is 9.59 Å². The normalized spacial score (nSPS) is 18.4. The maximum Gasteiger partial charge on any atom is 0.417 e. The quantitative estimate of drug-likeness (QED) is 0.0189. The van der Waals surface area contributed by atoms with Crippen molar-refractivity contribution in [3.63, 3.8) is 0 Å². The Balaban J connectivity index is 0.989. The Kier molecular flexibility index (Phi) is 34.3. The van der Waals surface area contributed by atoms with Crippen LogP contribution in [0, 0.1) is 5.92 Å². The molecule has 11 N–H and O–H groups in total. The summed E-state index contributed by atoms with van der Waals surface area (Å²) in [4.78, 5) is 209. The topological polar surface area (TPSA) is 398 Å². The molecule has 4 fully saturated rings. The van der Waals surface area contributed by atoms with E-state index in [4.69, 9.17) is 38.8 Å². The van der Waals surface area contributed by atoms with Crippen molar-refractivity contribution in [1.82, 2.24) is 57.7 Å². The van der Waals surface area contributed by atoms with E-state index in [1.54, 1.807) is 13.8 Å². The molecule has 10 rings (SSSR count). The van der Waals surface area contributed by atoms with Crippen LogP contribution in [0.25, 0.3) is 22.3 Å². The number of fused-ring (bicyclic) bond motifs is 6. The molecular weight excluding hydrogens is 1680 g/mol. The fourth-order valence-electron chi connectivity index (χ4n) is 19.1. The Morgan fingerprint density at radius 1 is 0.397 bits per heavy atom. The van der Waals surface area contributed by atoms with E-state index in [9.17, 15) is 28.8 Å². The summed E-state index contributed by atoms with van der Waals surface area (Å²) in [5.41, 5.74) is 8.95. The van der Waals surface area contributed by atoms with Crippen LogP contribution < -0.4 is 53.6 Å². The highest BCUT2D eigenvalue weighted by Crippen LogP contribution is 2.65. The summed E-state index contributed by atoms with van der Waals surface area (Å²) in [6.45, 7) is 17.9. The average Bonchev–Trinajstić information content (AvgIpc) is 1.51. The highest BCUT2D eigenvalue weighted by atomic mass is 32.4. The van der Waals surface area contributed by atoms with Crippen molar-refractivity contribution in [3.05, 3.63) is 119 Å². The highest BCUT2D eigenvalue weighted by molar-refractivity contribution is 8.15. The second-order valence-electron chi connectivity index (χ2n) is 36.8. The Morgan fingerprint density at radius 3 is 1.02 bits per heavy atom. The lowest BCUT2D eigenvalue weighted by Gasteiger charge is -2.44. The van der Waals surface area contributed by atoms with E-state index in [0.29, 0.717) is 0 Å².